The first-order chi connectivity index (χ1) is 6.24. The van der Waals surface area contributed by atoms with Crippen LogP contribution in [0.3, 0.4) is 0 Å². The summed E-state index contributed by atoms with van der Waals surface area (Å²) in [5.41, 5.74) is 5.51. The van der Waals surface area contributed by atoms with Crippen LogP contribution in [0.4, 0.5) is 5.82 Å². The number of hydrogen-bond acceptors (Lipinski definition) is 5. The highest BCUT2D eigenvalue weighted by molar-refractivity contribution is 8.00. The Kier molecular flexibility index (Phi) is 3.63. The number of nitrogens with two attached hydrogens (primary N) is 1. The van der Waals surface area contributed by atoms with Crippen molar-refractivity contribution < 1.29 is 9.53 Å². The number of nitrogens with zero attached hydrogens (tertiary/aromatic N) is 1. The second-order valence-electron chi connectivity index (χ2n) is 2.24. The van der Waals surface area contributed by atoms with E-state index in [1.807, 2.05) is 0 Å². The summed E-state index contributed by atoms with van der Waals surface area (Å²) in [5.74, 6) is 0.500. The monoisotopic (exact) mass is 201 g/mol. The number of aromatic nitrogens is 2. The molecule has 3 N–H and O–H groups in total. The molecule has 1 aromatic rings. The zero-order valence-electron chi connectivity index (χ0n) is 7.24. The third-order valence-electron chi connectivity index (χ3n) is 1.28. The third kappa shape index (κ3) is 2.98. The normalized spacial score (nSPS) is 9.92. The van der Waals surface area contributed by atoms with Crippen LogP contribution in [-0.4, -0.2) is 28.5 Å². The SMILES string of the molecule is CCOC(=O)CSc1cn[nH]c1N. The molecule has 6 heteroatoms. The molecule has 0 aliphatic heterocycles. The van der Waals surface area contributed by atoms with Crippen molar-refractivity contribution >= 4 is 23.5 Å². The van der Waals surface area contributed by atoms with E-state index in [0.29, 0.717) is 12.4 Å². The van der Waals surface area contributed by atoms with E-state index in [2.05, 4.69) is 10.2 Å². The summed E-state index contributed by atoms with van der Waals surface area (Å²) >= 11 is 1.31. The number of carbonyl (C=O) groups excluding carboxylic acids is 1. The maximum absolute atomic E-state index is 10.9. The van der Waals surface area contributed by atoms with Gasteiger partial charge in [-0.25, -0.2) is 0 Å². The molecule has 0 aliphatic rings. The van der Waals surface area contributed by atoms with Gasteiger partial charge in [0, 0.05) is 0 Å². The second-order valence-corrected chi connectivity index (χ2v) is 3.26. The van der Waals surface area contributed by atoms with Crippen molar-refractivity contribution in [1.82, 2.24) is 10.2 Å². The van der Waals surface area contributed by atoms with E-state index >= 15 is 0 Å². The zero-order valence-corrected chi connectivity index (χ0v) is 8.06. The smallest absolute Gasteiger partial charge is 0.316 e. The molecule has 1 rings (SSSR count). The average molecular weight is 201 g/mol. The first kappa shape index (κ1) is 9.91. The van der Waals surface area contributed by atoms with Crippen molar-refractivity contribution in [3.8, 4) is 0 Å². The molecule has 0 saturated heterocycles. The fourth-order valence-corrected chi connectivity index (χ4v) is 1.42. The number of nitrogen functional groups attached to an aromatic ring is 1. The molecule has 72 valence electrons. The average Bonchev–Trinajstić information content (AvgIpc) is 2.48. The number of nitrogens with one attached hydrogen (secondary N) is 1. The van der Waals surface area contributed by atoms with Gasteiger partial charge in [0.05, 0.1) is 23.5 Å². The van der Waals surface area contributed by atoms with Crippen molar-refractivity contribution in [3.05, 3.63) is 6.20 Å². The lowest BCUT2D eigenvalue weighted by Crippen LogP contribution is -2.06. The summed E-state index contributed by atoms with van der Waals surface area (Å²) in [7, 11) is 0. The van der Waals surface area contributed by atoms with Gasteiger partial charge >= 0.3 is 5.97 Å². The maximum Gasteiger partial charge on any atom is 0.316 e. The van der Waals surface area contributed by atoms with Crippen LogP contribution in [-0.2, 0) is 9.53 Å². The summed E-state index contributed by atoms with van der Waals surface area (Å²) in [6.07, 6.45) is 1.58. The lowest BCUT2D eigenvalue weighted by Gasteiger charge is -1.99. The van der Waals surface area contributed by atoms with Crippen molar-refractivity contribution in [1.29, 1.82) is 0 Å². The minimum Gasteiger partial charge on any atom is -0.465 e. The molecule has 0 spiro atoms. The molecule has 0 fully saturated rings. The Hall–Kier alpha value is -1.17. The largest absolute Gasteiger partial charge is 0.465 e. The standard InChI is InChI=1S/C7H11N3O2S/c1-2-12-6(11)4-13-5-3-9-10-7(5)8/h3H,2,4H2,1H3,(H3,8,9,10). The van der Waals surface area contributed by atoms with E-state index in [1.165, 1.54) is 11.8 Å². The molecule has 0 atom stereocenters. The first-order valence-corrected chi connectivity index (χ1v) is 4.80. The molecular formula is C7H11N3O2S. The Bertz CT molecular complexity index is 287. The van der Waals surface area contributed by atoms with Gasteiger partial charge in [0.2, 0.25) is 0 Å². The van der Waals surface area contributed by atoms with Crippen LogP contribution in [0.1, 0.15) is 6.92 Å². The number of H-pyrrole nitrogens is 1. The van der Waals surface area contributed by atoms with Gasteiger partial charge in [0.1, 0.15) is 5.82 Å². The quantitative estimate of drug-likeness (QED) is 0.552. The molecule has 0 bridgehead atoms. The van der Waals surface area contributed by atoms with Crippen LogP contribution in [0, 0.1) is 0 Å². The van der Waals surface area contributed by atoms with Gasteiger partial charge in [-0.2, -0.15) is 5.10 Å². The Morgan fingerprint density at radius 1 is 1.85 bits per heavy atom. The summed E-state index contributed by atoms with van der Waals surface area (Å²) in [4.78, 5) is 11.7. The fourth-order valence-electron chi connectivity index (χ4n) is 0.739. The maximum atomic E-state index is 10.9. The van der Waals surface area contributed by atoms with E-state index in [4.69, 9.17) is 10.5 Å². The molecule has 1 heterocycles. The highest BCUT2D eigenvalue weighted by Crippen LogP contribution is 2.21. The molecular weight excluding hydrogens is 190 g/mol. The van der Waals surface area contributed by atoms with Crippen LogP contribution in [0.5, 0.6) is 0 Å². The topological polar surface area (TPSA) is 81.0 Å². The predicted octanol–water partition coefficient (Wildman–Crippen LogP) is 0.647. The van der Waals surface area contributed by atoms with Crippen LogP contribution in [0.15, 0.2) is 11.1 Å². The predicted molar refractivity (Wildman–Crippen MR) is 50.4 cm³/mol. The zero-order chi connectivity index (χ0) is 9.68. The van der Waals surface area contributed by atoms with Gasteiger partial charge in [-0.15, -0.1) is 11.8 Å². The number of hydrogen-bond donors (Lipinski definition) is 2. The molecule has 13 heavy (non-hydrogen) atoms. The van der Waals surface area contributed by atoms with Crippen molar-refractivity contribution in [2.24, 2.45) is 0 Å². The number of anilines is 1. The Labute approximate surface area is 80.0 Å². The van der Waals surface area contributed by atoms with E-state index in [0.717, 1.165) is 4.90 Å². The number of esters is 1. The van der Waals surface area contributed by atoms with Gasteiger partial charge in [0.15, 0.2) is 0 Å². The molecule has 1 aromatic heterocycles. The molecule has 5 nitrogen and oxygen atoms in total. The van der Waals surface area contributed by atoms with Gasteiger partial charge < -0.3 is 10.5 Å². The van der Waals surface area contributed by atoms with Gasteiger partial charge in [-0.05, 0) is 6.92 Å². The lowest BCUT2D eigenvalue weighted by atomic mass is 10.7. The summed E-state index contributed by atoms with van der Waals surface area (Å²) in [6, 6.07) is 0. The molecule has 0 amide bonds. The minimum atomic E-state index is -0.242. The molecule has 0 saturated carbocycles. The lowest BCUT2D eigenvalue weighted by molar-refractivity contribution is -0.139. The van der Waals surface area contributed by atoms with Crippen molar-refractivity contribution in [2.75, 3.05) is 18.1 Å². The Morgan fingerprint density at radius 3 is 3.15 bits per heavy atom. The highest BCUT2D eigenvalue weighted by atomic mass is 32.2. The number of carbonyl (C=O) groups is 1. The number of thioether (sulfide) groups is 1. The van der Waals surface area contributed by atoms with E-state index in [1.54, 1.807) is 13.1 Å². The number of aromatic amines is 1. The Morgan fingerprint density at radius 2 is 2.62 bits per heavy atom. The van der Waals surface area contributed by atoms with E-state index in [-0.39, 0.29) is 11.7 Å². The third-order valence-corrected chi connectivity index (χ3v) is 2.30. The summed E-state index contributed by atoms with van der Waals surface area (Å²) < 4.78 is 4.75. The van der Waals surface area contributed by atoms with Crippen LogP contribution >= 0.6 is 11.8 Å². The van der Waals surface area contributed by atoms with Crippen molar-refractivity contribution in [2.45, 2.75) is 11.8 Å². The highest BCUT2D eigenvalue weighted by Gasteiger charge is 2.06. The van der Waals surface area contributed by atoms with Gasteiger partial charge in [-0.3, -0.25) is 9.89 Å². The molecule has 0 unspecified atom stereocenters. The number of rotatable bonds is 4. The summed E-state index contributed by atoms with van der Waals surface area (Å²) in [6.45, 7) is 2.18. The fraction of sp³-hybridized carbons (Fsp3) is 0.429. The minimum absolute atomic E-state index is 0.242. The van der Waals surface area contributed by atoms with Crippen LogP contribution in [0.25, 0.3) is 0 Å². The number of ether oxygens (including phenoxy) is 1. The van der Waals surface area contributed by atoms with E-state index in [9.17, 15) is 4.79 Å². The molecule has 0 radical (unpaired) electrons. The van der Waals surface area contributed by atoms with Crippen LogP contribution < -0.4 is 5.73 Å². The van der Waals surface area contributed by atoms with Crippen LogP contribution in [0.2, 0.25) is 0 Å². The Balaban J connectivity index is 2.35. The first-order valence-electron chi connectivity index (χ1n) is 3.81. The van der Waals surface area contributed by atoms with Gasteiger partial charge in [0.25, 0.3) is 0 Å². The second kappa shape index (κ2) is 4.76. The van der Waals surface area contributed by atoms with Crippen molar-refractivity contribution in [3.63, 3.8) is 0 Å². The summed E-state index contributed by atoms with van der Waals surface area (Å²) in [5, 5.41) is 6.30. The van der Waals surface area contributed by atoms with E-state index < -0.39 is 0 Å². The molecule has 0 aliphatic carbocycles. The molecule has 0 aromatic carbocycles. The van der Waals surface area contributed by atoms with Gasteiger partial charge in [-0.1, -0.05) is 0 Å².